The number of carbonyl (C=O) groups is 2. The van der Waals surface area contributed by atoms with Crippen LogP contribution in [0.15, 0.2) is 42.7 Å². The van der Waals surface area contributed by atoms with Crippen LogP contribution in [0.2, 0.25) is 0 Å². The lowest BCUT2D eigenvalue weighted by atomic mass is 9.96. The van der Waals surface area contributed by atoms with Gasteiger partial charge in [0, 0.05) is 63.9 Å². The minimum Gasteiger partial charge on any atom is -0.378 e. The van der Waals surface area contributed by atoms with Crippen molar-refractivity contribution in [3.63, 3.8) is 0 Å². The Kier molecular flexibility index (Phi) is 10.8. The predicted octanol–water partition coefficient (Wildman–Crippen LogP) is 2.59. The number of nitrogens with two attached hydrogens (primary N) is 1. The quantitative estimate of drug-likeness (QED) is 0.680. The van der Waals surface area contributed by atoms with Gasteiger partial charge in [0.2, 0.25) is 5.91 Å². The minimum atomic E-state index is -0.186. The Morgan fingerprint density at radius 3 is 2.52 bits per heavy atom. The summed E-state index contributed by atoms with van der Waals surface area (Å²) in [6.07, 6.45) is 4.96. The maximum absolute atomic E-state index is 13.0. The number of anilines is 1. The molecule has 0 radical (unpaired) electrons. The molecule has 1 fully saturated rings. The molecule has 1 atom stereocenters. The van der Waals surface area contributed by atoms with Gasteiger partial charge < -0.3 is 20.9 Å². The van der Waals surface area contributed by atoms with Gasteiger partial charge in [-0.1, -0.05) is 12.1 Å². The zero-order chi connectivity index (χ0) is 20.8. The standard InChI is InChI=1S/C22H29N5O2.2ClH/c1-26(2)20-7-5-16(6-8-20)18-12-19(14-24-13-18)22(29)27-11-3-4-17(15-27)21(28)25-10-9-23;;/h5-8,12-14,17H,3-4,9-11,15,23H2,1-2H3,(H,25,28);2*1H. The van der Waals surface area contributed by atoms with E-state index >= 15 is 0 Å². The third-order valence-electron chi connectivity index (χ3n) is 5.23. The smallest absolute Gasteiger partial charge is 0.255 e. The number of likely N-dealkylation sites (tertiary alicyclic amines) is 1. The number of rotatable bonds is 6. The Morgan fingerprint density at radius 1 is 1.16 bits per heavy atom. The van der Waals surface area contributed by atoms with Crippen molar-refractivity contribution in [1.29, 1.82) is 0 Å². The third-order valence-corrected chi connectivity index (χ3v) is 5.23. The molecule has 2 amide bonds. The molecule has 3 N–H and O–H groups in total. The van der Waals surface area contributed by atoms with Gasteiger partial charge in [0.15, 0.2) is 0 Å². The van der Waals surface area contributed by atoms with Crippen molar-refractivity contribution in [1.82, 2.24) is 15.2 Å². The van der Waals surface area contributed by atoms with Crippen molar-refractivity contribution < 1.29 is 9.59 Å². The lowest BCUT2D eigenvalue weighted by Gasteiger charge is -2.32. The molecular formula is C22H31Cl2N5O2. The third kappa shape index (κ3) is 6.82. The van der Waals surface area contributed by atoms with E-state index in [0.29, 0.717) is 31.7 Å². The molecule has 3 rings (SSSR count). The van der Waals surface area contributed by atoms with Gasteiger partial charge in [-0.05, 0) is 36.6 Å². The molecule has 170 valence electrons. The molecule has 0 bridgehead atoms. The first-order valence-electron chi connectivity index (χ1n) is 9.99. The summed E-state index contributed by atoms with van der Waals surface area (Å²) in [5.74, 6) is -0.296. The summed E-state index contributed by atoms with van der Waals surface area (Å²) in [6.45, 7) is 1.95. The highest BCUT2D eigenvalue weighted by atomic mass is 35.5. The number of nitrogens with zero attached hydrogens (tertiary/aromatic N) is 3. The van der Waals surface area contributed by atoms with Gasteiger partial charge >= 0.3 is 0 Å². The van der Waals surface area contributed by atoms with Crippen molar-refractivity contribution in [3.05, 3.63) is 48.3 Å². The number of amides is 2. The average Bonchev–Trinajstić information content (AvgIpc) is 2.77. The van der Waals surface area contributed by atoms with Gasteiger partial charge in [-0.2, -0.15) is 0 Å². The second-order valence-electron chi connectivity index (χ2n) is 7.57. The Labute approximate surface area is 196 Å². The molecule has 1 aliphatic rings. The maximum atomic E-state index is 13.0. The summed E-state index contributed by atoms with van der Waals surface area (Å²) >= 11 is 0. The van der Waals surface area contributed by atoms with Crippen molar-refractivity contribution in [2.75, 3.05) is 45.2 Å². The van der Waals surface area contributed by atoms with E-state index in [9.17, 15) is 9.59 Å². The number of pyridine rings is 1. The number of halogens is 2. The lowest BCUT2D eigenvalue weighted by Crippen LogP contribution is -2.46. The van der Waals surface area contributed by atoms with Crippen LogP contribution in [-0.4, -0.2) is 62.0 Å². The Balaban J connectivity index is 0.00000240. The van der Waals surface area contributed by atoms with Crippen LogP contribution in [0.5, 0.6) is 0 Å². The number of hydrogen-bond acceptors (Lipinski definition) is 5. The molecular weight excluding hydrogens is 437 g/mol. The fourth-order valence-electron chi connectivity index (χ4n) is 3.56. The van der Waals surface area contributed by atoms with Crippen molar-refractivity contribution in [3.8, 4) is 11.1 Å². The van der Waals surface area contributed by atoms with E-state index in [4.69, 9.17) is 5.73 Å². The number of carbonyl (C=O) groups excluding carboxylic acids is 2. The zero-order valence-corrected chi connectivity index (χ0v) is 19.5. The summed E-state index contributed by atoms with van der Waals surface area (Å²) in [5, 5.41) is 2.83. The molecule has 2 aromatic rings. The van der Waals surface area contributed by atoms with E-state index < -0.39 is 0 Å². The molecule has 1 saturated heterocycles. The van der Waals surface area contributed by atoms with Gasteiger partial charge in [0.05, 0.1) is 11.5 Å². The fraction of sp³-hybridized carbons (Fsp3) is 0.409. The van der Waals surface area contributed by atoms with E-state index in [0.717, 1.165) is 29.7 Å². The van der Waals surface area contributed by atoms with Crippen molar-refractivity contribution in [2.45, 2.75) is 12.8 Å². The molecule has 1 aromatic heterocycles. The second-order valence-corrected chi connectivity index (χ2v) is 7.57. The predicted molar refractivity (Wildman–Crippen MR) is 129 cm³/mol. The Bertz CT molecular complexity index is 861. The average molecular weight is 468 g/mol. The molecule has 0 spiro atoms. The largest absolute Gasteiger partial charge is 0.378 e. The van der Waals surface area contributed by atoms with Gasteiger partial charge in [-0.25, -0.2) is 0 Å². The number of piperidine rings is 1. The maximum Gasteiger partial charge on any atom is 0.255 e. The second kappa shape index (κ2) is 12.5. The monoisotopic (exact) mass is 467 g/mol. The normalized spacial score (nSPS) is 15.3. The first kappa shape index (κ1) is 26.7. The van der Waals surface area contributed by atoms with E-state index in [1.165, 1.54) is 0 Å². The van der Waals surface area contributed by atoms with Crippen LogP contribution < -0.4 is 16.0 Å². The zero-order valence-electron chi connectivity index (χ0n) is 17.9. The number of nitrogens with one attached hydrogen (secondary N) is 1. The summed E-state index contributed by atoms with van der Waals surface area (Å²) in [4.78, 5) is 33.4. The molecule has 1 unspecified atom stereocenters. The van der Waals surface area contributed by atoms with Gasteiger partial charge in [-0.3, -0.25) is 14.6 Å². The van der Waals surface area contributed by atoms with Crippen LogP contribution in [0.3, 0.4) is 0 Å². The number of hydrogen-bond donors (Lipinski definition) is 2. The lowest BCUT2D eigenvalue weighted by molar-refractivity contribution is -0.126. The topological polar surface area (TPSA) is 91.6 Å². The van der Waals surface area contributed by atoms with E-state index in [-0.39, 0.29) is 42.5 Å². The van der Waals surface area contributed by atoms with Gasteiger partial charge in [0.25, 0.3) is 5.91 Å². The SMILES string of the molecule is CN(C)c1ccc(-c2cncc(C(=O)N3CCCC(C(=O)NCCN)C3)c2)cc1.Cl.Cl. The van der Waals surface area contributed by atoms with Crippen LogP contribution in [0.4, 0.5) is 5.69 Å². The van der Waals surface area contributed by atoms with Gasteiger partial charge in [0.1, 0.15) is 0 Å². The highest BCUT2D eigenvalue weighted by Crippen LogP contribution is 2.24. The van der Waals surface area contributed by atoms with Crippen LogP contribution in [0.1, 0.15) is 23.2 Å². The highest BCUT2D eigenvalue weighted by Gasteiger charge is 2.29. The molecule has 1 aromatic carbocycles. The molecule has 0 saturated carbocycles. The van der Waals surface area contributed by atoms with Gasteiger partial charge in [-0.15, -0.1) is 24.8 Å². The minimum absolute atomic E-state index is 0. The number of benzene rings is 1. The molecule has 1 aliphatic heterocycles. The first-order valence-corrected chi connectivity index (χ1v) is 9.99. The van der Waals surface area contributed by atoms with E-state index in [1.807, 2.05) is 49.3 Å². The van der Waals surface area contributed by atoms with Crippen LogP contribution >= 0.6 is 24.8 Å². The summed E-state index contributed by atoms with van der Waals surface area (Å²) in [5.41, 5.74) is 9.02. The molecule has 0 aliphatic carbocycles. The fourth-order valence-corrected chi connectivity index (χ4v) is 3.56. The van der Waals surface area contributed by atoms with Crippen LogP contribution in [-0.2, 0) is 4.79 Å². The Morgan fingerprint density at radius 2 is 1.87 bits per heavy atom. The van der Waals surface area contributed by atoms with E-state index in [2.05, 4.69) is 10.3 Å². The van der Waals surface area contributed by atoms with Crippen molar-refractivity contribution >= 4 is 42.3 Å². The van der Waals surface area contributed by atoms with Crippen LogP contribution in [0, 0.1) is 5.92 Å². The summed E-state index contributed by atoms with van der Waals surface area (Å²) in [6, 6.07) is 10.0. The van der Waals surface area contributed by atoms with Crippen LogP contribution in [0.25, 0.3) is 11.1 Å². The summed E-state index contributed by atoms with van der Waals surface area (Å²) < 4.78 is 0. The first-order chi connectivity index (χ1) is 14.0. The van der Waals surface area contributed by atoms with Crippen molar-refractivity contribution in [2.24, 2.45) is 11.7 Å². The Hall–Kier alpha value is -2.35. The highest BCUT2D eigenvalue weighted by molar-refractivity contribution is 5.95. The molecule has 31 heavy (non-hydrogen) atoms. The summed E-state index contributed by atoms with van der Waals surface area (Å²) in [7, 11) is 4.00. The molecule has 2 heterocycles. The number of aromatic nitrogens is 1. The molecule has 9 heteroatoms. The van der Waals surface area contributed by atoms with E-state index in [1.54, 1.807) is 17.3 Å². The molecule has 7 nitrogen and oxygen atoms in total.